The zero-order chi connectivity index (χ0) is 16.2. The topological polar surface area (TPSA) is 38.1 Å². The molecule has 23 heavy (non-hydrogen) atoms. The molecular formula is C17H19F2N3O. The lowest BCUT2D eigenvalue weighted by Crippen LogP contribution is -2.36. The molecule has 4 nitrogen and oxygen atoms in total. The van der Waals surface area contributed by atoms with Gasteiger partial charge in [0, 0.05) is 30.9 Å². The van der Waals surface area contributed by atoms with Crippen LogP contribution in [0.5, 0.6) is 0 Å². The van der Waals surface area contributed by atoms with Gasteiger partial charge in [-0.25, -0.2) is 13.8 Å². The lowest BCUT2D eigenvalue weighted by atomic mass is 9.96. The molecule has 1 fully saturated rings. The van der Waals surface area contributed by atoms with E-state index >= 15 is 0 Å². The van der Waals surface area contributed by atoms with E-state index in [1.807, 2.05) is 0 Å². The van der Waals surface area contributed by atoms with E-state index in [9.17, 15) is 13.6 Å². The minimum atomic E-state index is -0.410. The molecule has 3 rings (SSSR count). The number of rotatable bonds is 4. The third kappa shape index (κ3) is 4.01. The van der Waals surface area contributed by atoms with Gasteiger partial charge in [-0.3, -0.25) is 14.3 Å². The van der Waals surface area contributed by atoms with Crippen molar-refractivity contribution in [1.82, 2.24) is 14.5 Å². The smallest absolute Gasteiger partial charge is 0.253 e. The Labute approximate surface area is 133 Å². The number of aromatic nitrogens is 2. The monoisotopic (exact) mass is 319 g/mol. The fraction of sp³-hybridized carbons (Fsp3) is 0.412. The molecular weight excluding hydrogens is 300 g/mol. The molecule has 0 atom stereocenters. The summed E-state index contributed by atoms with van der Waals surface area (Å²) in [5.41, 5.74) is 0.358. The number of piperidine rings is 1. The van der Waals surface area contributed by atoms with Gasteiger partial charge in [-0.15, -0.1) is 0 Å². The van der Waals surface area contributed by atoms with Crippen LogP contribution in [0.25, 0.3) is 0 Å². The van der Waals surface area contributed by atoms with Crippen molar-refractivity contribution in [2.75, 3.05) is 13.1 Å². The maximum Gasteiger partial charge on any atom is 0.253 e. The number of hydrogen-bond acceptors (Lipinski definition) is 3. The average molecular weight is 319 g/mol. The van der Waals surface area contributed by atoms with E-state index in [1.165, 1.54) is 24.4 Å². The van der Waals surface area contributed by atoms with E-state index in [0.29, 0.717) is 24.6 Å². The molecule has 1 aliphatic heterocycles. The maximum absolute atomic E-state index is 13.7. The average Bonchev–Trinajstić information content (AvgIpc) is 2.55. The molecule has 0 aliphatic carbocycles. The molecule has 6 heteroatoms. The number of halogens is 2. The van der Waals surface area contributed by atoms with Gasteiger partial charge in [0.25, 0.3) is 5.56 Å². The molecule has 0 N–H and O–H groups in total. The van der Waals surface area contributed by atoms with Crippen LogP contribution in [0, 0.1) is 17.6 Å². The van der Waals surface area contributed by atoms with Gasteiger partial charge < -0.3 is 0 Å². The van der Waals surface area contributed by atoms with Crippen molar-refractivity contribution < 1.29 is 8.78 Å². The molecule has 2 heterocycles. The van der Waals surface area contributed by atoms with Crippen LogP contribution in [0.15, 0.2) is 41.6 Å². The normalized spacial score (nSPS) is 16.6. The summed E-state index contributed by atoms with van der Waals surface area (Å²) in [5, 5.41) is 0. The van der Waals surface area contributed by atoms with E-state index in [0.717, 1.165) is 32.0 Å². The fourth-order valence-electron chi connectivity index (χ4n) is 3.03. The molecule has 0 bridgehead atoms. The van der Waals surface area contributed by atoms with Crippen LogP contribution in [0.1, 0.15) is 18.4 Å². The number of benzene rings is 1. The lowest BCUT2D eigenvalue weighted by molar-refractivity contribution is 0.164. The second-order valence-corrected chi connectivity index (χ2v) is 6.03. The third-order valence-electron chi connectivity index (χ3n) is 4.36. The van der Waals surface area contributed by atoms with E-state index < -0.39 is 5.82 Å². The summed E-state index contributed by atoms with van der Waals surface area (Å²) < 4.78 is 28.5. The summed E-state index contributed by atoms with van der Waals surface area (Å²) >= 11 is 0. The first kappa shape index (κ1) is 15.8. The first-order chi connectivity index (χ1) is 11.1. The summed E-state index contributed by atoms with van der Waals surface area (Å²) in [7, 11) is 0. The van der Waals surface area contributed by atoms with Crippen molar-refractivity contribution in [1.29, 1.82) is 0 Å². The van der Waals surface area contributed by atoms with Crippen LogP contribution in [0.3, 0.4) is 0 Å². The van der Waals surface area contributed by atoms with E-state index in [-0.39, 0.29) is 11.4 Å². The highest BCUT2D eigenvalue weighted by molar-refractivity contribution is 5.18. The number of hydrogen-bond donors (Lipinski definition) is 0. The van der Waals surface area contributed by atoms with Crippen molar-refractivity contribution in [3.05, 3.63) is 64.3 Å². The SMILES string of the molecule is O=c1ccncn1CC1CCN(Cc2cc(F)ccc2F)CC1. The van der Waals surface area contributed by atoms with Crippen molar-refractivity contribution in [3.8, 4) is 0 Å². The first-order valence-corrected chi connectivity index (χ1v) is 7.78. The summed E-state index contributed by atoms with van der Waals surface area (Å²) in [4.78, 5) is 17.8. The Balaban J connectivity index is 1.55. The Morgan fingerprint density at radius 2 is 1.96 bits per heavy atom. The Hall–Kier alpha value is -2.08. The zero-order valence-corrected chi connectivity index (χ0v) is 12.8. The fourth-order valence-corrected chi connectivity index (χ4v) is 3.03. The lowest BCUT2D eigenvalue weighted by Gasteiger charge is -2.32. The molecule has 1 aliphatic rings. The molecule has 0 amide bonds. The Morgan fingerprint density at radius 3 is 2.70 bits per heavy atom. The van der Waals surface area contributed by atoms with Gasteiger partial charge in [0.2, 0.25) is 0 Å². The number of nitrogens with zero attached hydrogens (tertiary/aromatic N) is 3. The molecule has 2 aromatic rings. The van der Waals surface area contributed by atoms with Crippen LogP contribution >= 0.6 is 0 Å². The summed E-state index contributed by atoms with van der Waals surface area (Å²) in [6.07, 6.45) is 4.92. The van der Waals surface area contributed by atoms with Gasteiger partial charge >= 0.3 is 0 Å². The van der Waals surface area contributed by atoms with Crippen molar-refractivity contribution >= 4 is 0 Å². The Morgan fingerprint density at radius 1 is 1.17 bits per heavy atom. The van der Waals surface area contributed by atoms with Crippen LogP contribution in [-0.2, 0) is 13.1 Å². The van der Waals surface area contributed by atoms with Gasteiger partial charge in [-0.1, -0.05) is 0 Å². The molecule has 1 aromatic carbocycles. The highest BCUT2D eigenvalue weighted by atomic mass is 19.1. The molecule has 0 radical (unpaired) electrons. The maximum atomic E-state index is 13.7. The van der Waals surface area contributed by atoms with Crippen LogP contribution < -0.4 is 5.56 Å². The molecule has 1 aromatic heterocycles. The largest absolute Gasteiger partial charge is 0.299 e. The standard InChI is InChI=1S/C17H19F2N3O/c18-15-1-2-16(19)14(9-15)11-21-7-4-13(5-8-21)10-22-12-20-6-3-17(22)23/h1-3,6,9,12-13H,4-5,7-8,10-11H2. The Kier molecular flexibility index (Phi) is 4.81. The van der Waals surface area contributed by atoms with Crippen molar-refractivity contribution in [3.63, 3.8) is 0 Å². The second kappa shape index (κ2) is 7.00. The van der Waals surface area contributed by atoms with Crippen LogP contribution in [0.2, 0.25) is 0 Å². The molecule has 1 saturated heterocycles. The summed E-state index contributed by atoms with van der Waals surface area (Å²) in [6.45, 7) is 2.71. The number of likely N-dealkylation sites (tertiary alicyclic amines) is 1. The third-order valence-corrected chi connectivity index (χ3v) is 4.36. The Bertz CT molecular complexity index is 724. The van der Waals surface area contributed by atoms with Gasteiger partial charge in [0.1, 0.15) is 11.6 Å². The summed E-state index contributed by atoms with van der Waals surface area (Å²) in [6, 6.07) is 5.03. The predicted molar refractivity (Wildman–Crippen MR) is 82.9 cm³/mol. The van der Waals surface area contributed by atoms with Gasteiger partial charge in [0.05, 0.1) is 6.33 Å². The van der Waals surface area contributed by atoms with Crippen LogP contribution in [-0.4, -0.2) is 27.5 Å². The minimum Gasteiger partial charge on any atom is -0.299 e. The highest BCUT2D eigenvalue weighted by Crippen LogP contribution is 2.21. The van der Waals surface area contributed by atoms with Crippen LogP contribution in [0.4, 0.5) is 8.78 Å². The van der Waals surface area contributed by atoms with Crippen molar-refractivity contribution in [2.45, 2.75) is 25.9 Å². The quantitative estimate of drug-likeness (QED) is 0.869. The highest BCUT2D eigenvalue weighted by Gasteiger charge is 2.20. The molecule has 0 saturated carbocycles. The van der Waals surface area contributed by atoms with E-state index in [2.05, 4.69) is 9.88 Å². The van der Waals surface area contributed by atoms with Gasteiger partial charge in [-0.05, 0) is 50.0 Å². The first-order valence-electron chi connectivity index (χ1n) is 7.78. The zero-order valence-electron chi connectivity index (χ0n) is 12.8. The molecule has 0 spiro atoms. The van der Waals surface area contributed by atoms with E-state index in [4.69, 9.17) is 0 Å². The second-order valence-electron chi connectivity index (χ2n) is 6.03. The van der Waals surface area contributed by atoms with E-state index in [1.54, 1.807) is 10.9 Å². The van der Waals surface area contributed by atoms with Crippen molar-refractivity contribution in [2.24, 2.45) is 5.92 Å². The predicted octanol–water partition coefficient (Wildman–Crippen LogP) is 2.43. The van der Waals surface area contributed by atoms with Gasteiger partial charge in [0.15, 0.2) is 0 Å². The molecule has 0 unspecified atom stereocenters. The minimum absolute atomic E-state index is 0.0377. The molecule has 122 valence electrons. The van der Waals surface area contributed by atoms with Gasteiger partial charge in [-0.2, -0.15) is 0 Å². The summed E-state index contributed by atoms with van der Waals surface area (Å²) in [5.74, 6) is -0.367.